The topological polar surface area (TPSA) is 34.1 Å². The number of rotatable bonds is 2. The van der Waals surface area contributed by atoms with Gasteiger partial charge in [-0.2, -0.15) is 0 Å². The standard InChI is InChI=1S/C8H8Cl2N2O/c9-5-1-7(10)8(12-2-5)13-6-3-11-4-6/h1-2,6,11H,3-4H2. The Morgan fingerprint density at radius 3 is 2.77 bits per heavy atom. The minimum Gasteiger partial charge on any atom is -0.471 e. The Hall–Kier alpha value is -0.510. The van der Waals surface area contributed by atoms with Gasteiger partial charge in [-0.3, -0.25) is 0 Å². The summed E-state index contributed by atoms with van der Waals surface area (Å²) in [4.78, 5) is 3.99. The summed E-state index contributed by atoms with van der Waals surface area (Å²) in [6.07, 6.45) is 1.71. The number of aromatic nitrogens is 1. The van der Waals surface area contributed by atoms with Gasteiger partial charge in [-0.25, -0.2) is 4.98 Å². The highest BCUT2D eigenvalue weighted by Gasteiger charge is 2.20. The number of nitrogens with one attached hydrogen (secondary N) is 1. The van der Waals surface area contributed by atoms with E-state index in [1.807, 2.05) is 0 Å². The van der Waals surface area contributed by atoms with Crippen LogP contribution in [-0.2, 0) is 0 Å². The molecule has 0 unspecified atom stereocenters. The van der Waals surface area contributed by atoms with Crippen molar-refractivity contribution in [2.24, 2.45) is 0 Å². The van der Waals surface area contributed by atoms with Gasteiger partial charge >= 0.3 is 0 Å². The summed E-state index contributed by atoms with van der Waals surface area (Å²) in [6, 6.07) is 1.62. The van der Waals surface area contributed by atoms with Crippen LogP contribution in [0, 0.1) is 0 Å². The lowest BCUT2D eigenvalue weighted by molar-refractivity contribution is 0.136. The molecule has 1 N–H and O–H groups in total. The maximum absolute atomic E-state index is 5.86. The van der Waals surface area contributed by atoms with E-state index < -0.39 is 0 Å². The van der Waals surface area contributed by atoms with Crippen molar-refractivity contribution < 1.29 is 4.74 Å². The van der Waals surface area contributed by atoms with E-state index in [1.54, 1.807) is 6.07 Å². The van der Waals surface area contributed by atoms with Crippen LogP contribution < -0.4 is 10.1 Å². The zero-order chi connectivity index (χ0) is 9.26. The molecular formula is C8H8Cl2N2O. The Balaban J connectivity index is 2.10. The molecule has 3 nitrogen and oxygen atoms in total. The quantitative estimate of drug-likeness (QED) is 0.822. The lowest BCUT2D eigenvalue weighted by Crippen LogP contribution is -2.50. The van der Waals surface area contributed by atoms with E-state index in [0.29, 0.717) is 15.9 Å². The third-order valence-electron chi connectivity index (χ3n) is 1.80. The van der Waals surface area contributed by atoms with Crippen LogP contribution in [-0.4, -0.2) is 24.2 Å². The Morgan fingerprint density at radius 2 is 2.23 bits per heavy atom. The van der Waals surface area contributed by atoms with Crippen LogP contribution in [0.3, 0.4) is 0 Å². The van der Waals surface area contributed by atoms with E-state index in [9.17, 15) is 0 Å². The summed E-state index contributed by atoms with van der Waals surface area (Å²) in [6.45, 7) is 1.70. The fourth-order valence-electron chi connectivity index (χ4n) is 0.992. The third kappa shape index (κ3) is 2.05. The first-order chi connectivity index (χ1) is 6.25. The summed E-state index contributed by atoms with van der Waals surface area (Å²) >= 11 is 11.5. The number of ether oxygens (including phenoxy) is 1. The first-order valence-electron chi connectivity index (χ1n) is 3.94. The molecule has 1 aliphatic rings. The molecule has 1 saturated heterocycles. The lowest BCUT2D eigenvalue weighted by Gasteiger charge is -2.27. The van der Waals surface area contributed by atoms with Crippen LogP contribution >= 0.6 is 23.2 Å². The van der Waals surface area contributed by atoms with Crippen LogP contribution in [0.2, 0.25) is 10.0 Å². The largest absolute Gasteiger partial charge is 0.471 e. The van der Waals surface area contributed by atoms with Crippen molar-refractivity contribution in [1.29, 1.82) is 0 Å². The summed E-state index contributed by atoms with van der Waals surface area (Å²) in [5, 5.41) is 4.07. The van der Waals surface area contributed by atoms with Crippen LogP contribution in [0.4, 0.5) is 0 Å². The highest BCUT2D eigenvalue weighted by atomic mass is 35.5. The molecule has 0 atom stereocenters. The molecule has 1 fully saturated rings. The minimum absolute atomic E-state index is 0.186. The van der Waals surface area contributed by atoms with E-state index in [1.165, 1.54) is 6.20 Å². The number of halogens is 2. The predicted molar refractivity (Wildman–Crippen MR) is 51.5 cm³/mol. The van der Waals surface area contributed by atoms with E-state index in [0.717, 1.165) is 13.1 Å². The van der Waals surface area contributed by atoms with E-state index in [4.69, 9.17) is 27.9 Å². The average Bonchev–Trinajstić information content (AvgIpc) is 1.99. The first kappa shape index (κ1) is 9.06. The molecule has 2 heterocycles. The highest BCUT2D eigenvalue weighted by molar-refractivity contribution is 6.35. The van der Waals surface area contributed by atoms with Gasteiger partial charge in [0.05, 0.1) is 5.02 Å². The molecule has 13 heavy (non-hydrogen) atoms. The maximum atomic E-state index is 5.86. The molecule has 70 valence electrons. The van der Waals surface area contributed by atoms with Gasteiger partial charge < -0.3 is 10.1 Å². The smallest absolute Gasteiger partial charge is 0.233 e. The van der Waals surface area contributed by atoms with Crippen molar-refractivity contribution in [3.05, 3.63) is 22.3 Å². The van der Waals surface area contributed by atoms with Crippen LogP contribution in [0.15, 0.2) is 12.3 Å². The van der Waals surface area contributed by atoms with E-state index >= 15 is 0 Å². The molecule has 5 heteroatoms. The SMILES string of the molecule is Clc1cnc(OC2CNC2)c(Cl)c1. The molecule has 0 amide bonds. The van der Waals surface area contributed by atoms with Crippen molar-refractivity contribution >= 4 is 23.2 Å². The monoisotopic (exact) mass is 218 g/mol. The molecule has 1 aromatic rings. The fraction of sp³-hybridized carbons (Fsp3) is 0.375. The second-order valence-electron chi connectivity index (χ2n) is 2.84. The van der Waals surface area contributed by atoms with Crippen molar-refractivity contribution in [2.75, 3.05) is 13.1 Å². The zero-order valence-electron chi connectivity index (χ0n) is 6.76. The molecule has 0 aromatic carbocycles. The fourth-order valence-corrected chi connectivity index (χ4v) is 1.42. The van der Waals surface area contributed by atoms with E-state index in [2.05, 4.69) is 10.3 Å². The van der Waals surface area contributed by atoms with Gasteiger partial charge in [0.2, 0.25) is 5.88 Å². The van der Waals surface area contributed by atoms with Crippen LogP contribution in [0.1, 0.15) is 0 Å². The number of pyridine rings is 1. The molecule has 0 bridgehead atoms. The second kappa shape index (κ2) is 3.70. The molecular weight excluding hydrogens is 211 g/mol. The van der Waals surface area contributed by atoms with Crippen LogP contribution in [0.25, 0.3) is 0 Å². The highest BCUT2D eigenvalue weighted by Crippen LogP contribution is 2.25. The summed E-state index contributed by atoms with van der Waals surface area (Å²) < 4.78 is 5.47. The van der Waals surface area contributed by atoms with Gasteiger partial charge in [-0.1, -0.05) is 23.2 Å². The molecule has 0 radical (unpaired) electrons. The second-order valence-corrected chi connectivity index (χ2v) is 3.68. The van der Waals surface area contributed by atoms with Gasteiger partial charge in [0, 0.05) is 19.3 Å². The molecule has 0 aliphatic carbocycles. The summed E-state index contributed by atoms with van der Waals surface area (Å²) in [5.74, 6) is 0.456. The Labute approximate surface area is 86.0 Å². The van der Waals surface area contributed by atoms with Gasteiger partial charge in [-0.15, -0.1) is 0 Å². The van der Waals surface area contributed by atoms with Gasteiger partial charge in [0.1, 0.15) is 11.1 Å². The van der Waals surface area contributed by atoms with E-state index in [-0.39, 0.29) is 6.10 Å². The normalized spacial score (nSPS) is 16.8. The number of hydrogen-bond donors (Lipinski definition) is 1. The van der Waals surface area contributed by atoms with Crippen molar-refractivity contribution in [3.63, 3.8) is 0 Å². The number of hydrogen-bond acceptors (Lipinski definition) is 3. The Bertz CT molecular complexity index is 315. The Morgan fingerprint density at radius 1 is 1.46 bits per heavy atom. The lowest BCUT2D eigenvalue weighted by atomic mass is 10.2. The Kier molecular flexibility index (Phi) is 2.58. The van der Waals surface area contributed by atoms with Gasteiger partial charge in [-0.05, 0) is 6.07 Å². The molecule has 1 aliphatic heterocycles. The first-order valence-corrected chi connectivity index (χ1v) is 4.70. The van der Waals surface area contributed by atoms with Gasteiger partial charge in [0.25, 0.3) is 0 Å². The molecule has 0 spiro atoms. The summed E-state index contributed by atoms with van der Waals surface area (Å²) in [5.41, 5.74) is 0. The van der Waals surface area contributed by atoms with Crippen LogP contribution in [0.5, 0.6) is 5.88 Å². The summed E-state index contributed by atoms with van der Waals surface area (Å²) in [7, 11) is 0. The average molecular weight is 219 g/mol. The van der Waals surface area contributed by atoms with Crippen molar-refractivity contribution in [3.8, 4) is 5.88 Å². The van der Waals surface area contributed by atoms with Crippen molar-refractivity contribution in [2.45, 2.75) is 6.10 Å². The van der Waals surface area contributed by atoms with Crippen molar-refractivity contribution in [1.82, 2.24) is 10.3 Å². The molecule has 2 rings (SSSR count). The number of nitrogens with zero attached hydrogens (tertiary/aromatic N) is 1. The third-order valence-corrected chi connectivity index (χ3v) is 2.27. The maximum Gasteiger partial charge on any atom is 0.233 e. The zero-order valence-corrected chi connectivity index (χ0v) is 8.27. The van der Waals surface area contributed by atoms with Gasteiger partial charge in [0.15, 0.2) is 0 Å². The molecule has 1 aromatic heterocycles. The minimum atomic E-state index is 0.186. The predicted octanol–water partition coefficient (Wildman–Crippen LogP) is 1.74. The molecule has 0 saturated carbocycles.